The zero-order valence-electron chi connectivity index (χ0n) is 12.3. The summed E-state index contributed by atoms with van der Waals surface area (Å²) in [6.45, 7) is 0. The zero-order valence-corrected chi connectivity index (χ0v) is 13.9. The van der Waals surface area contributed by atoms with Gasteiger partial charge in [-0.3, -0.25) is 4.79 Å². The minimum atomic E-state index is -0.0331. The van der Waals surface area contributed by atoms with E-state index in [9.17, 15) is 4.79 Å². The number of benzene rings is 2. The second-order valence-electron chi connectivity index (χ2n) is 4.70. The highest BCUT2D eigenvalue weighted by Gasteiger charge is 2.09. The van der Waals surface area contributed by atoms with Crippen LogP contribution in [-0.2, 0) is 4.79 Å². The van der Waals surface area contributed by atoms with E-state index in [0.29, 0.717) is 28.6 Å². The van der Waals surface area contributed by atoms with Gasteiger partial charge in [0.25, 0.3) is 0 Å². The molecule has 2 rings (SSSR count). The first-order chi connectivity index (χ1) is 10.7. The normalized spacial score (nSPS) is 10.3. The van der Waals surface area contributed by atoms with Gasteiger partial charge in [-0.2, -0.15) is 11.8 Å². The Hall–Kier alpha value is -1.65. The minimum Gasteiger partial charge on any atom is -0.455 e. The quantitative estimate of drug-likeness (QED) is 0.705. The number of para-hydroxylation sites is 1. The van der Waals surface area contributed by atoms with Crippen molar-refractivity contribution < 1.29 is 9.53 Å². The molecule has 0 aliphatic carbocycles. The molecule has 116 valence electrons. The highest BCUT2D eigenvalue weighted by molar-refractivity contribution is 7.98. The van der Waals surface area contributed by atoms with Crippen LogP contribution in [0.3, 0.4) is 0 Å². The number of carbonyl (C=O) groups is 1. The maximum Gasteiger partial charge on any atom is 0.224 e. The number of carbonyl (C=O) groups excluding carboxylic acids is 1. The first-order valence-electron chi connectivity index (χ1n) is 7.00. The largest absolute Gasteiger partial charge is 0.455 e. The van der Waals surface area contributed by atoms with Crippen LogP contribution < -0.4 is 10.1 Å². The van der Waals surface area contributed by atoms with E-state index >= 15 is 0 Å². The molecule has 0 unspecified atom stereocenters. The van der Waals surface area contributed by atoms with E-state index in [1.54, 1.807) is 30.0 Å². The summed E-state index contributed by atoms with van der Waals surface area (Å²) in [5.41, 5.74) is 0.588. The van der Waals surface area contributed by atoms with Crippen LogP contribution in [0.1, 0.15) is 12.8 Å². The van der Waals surface area contributed by atoms with Crippen molar-refractivity contribution in [2.45, 2.75) is 12.8 Å². The van der Waals surface area contributed by atoms with E-state index in [-0.39, 0.29) is 5.91 Å². The van der Waals surface area contributed by atoms with Crippen molar-refractivity contribution in [3.63, 3.8) is 0 Å². The lowest BCUT2D eigenvalue weighted by molar-refractivity contribution is -0.116. The lowest BCUT2D eigenvalue weighted by Crippen LogP contribution is -2.12. The number of rotatable bonds is 7. The van der Waals surface area contributed by atoms with Gasteiger partial charge in [-0.25, -0.2) is 0 Å². The SMILES string of the molecule is CSCCCC(=O)Nc1cc(Cl)ccc1Oc1ccccc1. The fourth-order valence-electron chi connectivity index (χ4n) is 1.89. The molecule has 0 aliphatic heterocycles. The molecule has 0 atom stereocenters. The summed E-state index contributed by atoms with van der Waals surface area (Å²) in [5.74, 6) is 2.22. The second kappa shape index (κ2) is 8.71. The maximum absolute atomic E-state index is 12.0. The van der Waals surface area contributed by atoms with E-state index in [0.717, 1.165) is 12.2 Å². The van der Waals surface area contributed by atoms with E-state index in [1.165, 1.54) is 0 Å². The number of thioether (sulfide) groups is 1. The number of halogens is 1. The summed E-state index contributed by atoms with van der Waals surface area (Å²) >= 11 is 7.75. The topological polar surface area (TPSA) is 38.3 Å². The van der Waals surface area contributed by atoms with Gasteiger partial charge in [0.1, 0.15) is 5.75 Å². The van der Waals surface area contributed by atoms with Gasteiger partial charge in [-0.1, -0.05) is 29.8 Å². The Morgan fingerprint density at radius 2 is 2.00 bits per heavy atom. The Balaban J connectivity index is 2.09. The van der Waals surface area contributed by atoms with Crippen LogP contribution in [0.2, 0.25) is 5.02 Å². The lowest BCUT2D eigenvalue weighted by atomic mass is 10.2. The summed E-state index contributed by atoms with van der Waals surface area (Å²) in [5, 5.41) is 3.43. The van der Waals surface area contributed by atoms with E-state index < -0.39 is 0 Å². The molecule has 1 N–H and O–H groups in total. The molecule has 0 bridgehead atoms. The second-order valence-corrected chi connectivity index (χ2v) is 6.12. The molecule has 5 heteroatoms. The van der Waals surface area contributed by atoms with Gasteiger partial charge < -0.3 is 10.1 Å². The Morgan fingerprint density at radius 1 is 1.23 bits per heavy atom. The molecule has 0 aromatic heterocycles. The third-order valence-electron chi connectivity index (χ3n) is 2.94. The lowest BCUT2D eigenvalue weighted by Gasteiger charge is -2.12. The van der Waals surface area contributed by atoms with Crippen LogP contribution in [0.5, 0.6) is 11.5 Å². The Bertz CT molecular complexity index is 619. The van der Waals surface area contributed by atoms with Crippen LogP contribution in [0.15, 0.2) is 48.5 Å². The highest BCUT2D eigenvalue weighted by atomic mass is 35.5. The van der Waals surface area contributed by atoms with Gasteiger partial charge >= 0.3 is 0 Å². The van der Waals surface area contributed by atoms with E-state index in [4.69, 9.17) is 16.3 Å². The molecule has 0 saturated heterocycles. The average molecular weight is 336 g/mol. The summed E-state index contributed by atoms with van der Waals surface area (Å²) in [7, 11) is 0. The van der Waals surface area contributed by atoms with Crippen molar-refractivity contribution in [3.8, 4) is 11.5 Å². The summed E-state index contributed by atoms with van der Waals surface area (Å²) < 4.78 is 5.81. The fraction of sp³-hybridized carbons (Fsp3) is 0.235. The molecule has 3 nitrogen and oxygen atoms in total. The number of ether oxygens (including phenoxy) is 1. The molecule has 2 aromatic rings. The first kappa shape index (κ1) is 16.7. The smallest absolute Gasteiger partial charge is 0.224 e. The van der Waals surface area contributed by atoms with Crippen molar-refractivity contribution >= 4 is 35.0 Å². The van der Waals surface area contributed by atoms with Gasteiger partial charge in [0.15, 0.2) is 5.75 Å². The summed E-state index contributed by atoms with van der Waals surface area (Å²) in [4.78, 5) is 12.0. The van der Waals surface area contributed by atoms with Crippen LogP contribution in [0, 0.1) is 0 Å². The molecule has 0 aliphatic rings. The highest BCUT2D eigenvalue weighted by Crippen LogP contribution is 2.32. The average Bonchev–Trinajstić information content (AvgIpc) is 2.51. The molecular formula is C17H18ClNO2S. The van der Waals surface area contributed by atoms with Crippen molar-refractivity contribution in [3.05, 3.63) is 53.6 Å². The van der Waals surface area contributed by atoms with Crippen molar-refractivity contribution in [2.24, 2.45) is 0 Å². The number of hydrogen-bond acceptors (Lipinski definition) is 3. The predicted molar refractivity (Wildman–Crippen MR) is 94.2 cm³/mol. The number of amides is 1. The maximum atomic E-state index is 12.0. The van der Waals surface area contributed by atoms with Gasteiger partial charge in [-0.15, -0.1) is 0 Å². The molecule has 0 radical (unpaired) electrons. The van der Waals surface area contributed by atoms with Crippen LogP contribution in [-0.4, -0.2) is 17.9 Å². The van der Waals surface area contributed by atoms with Crippen molar-refractivity contribution in [1.82, 2.24) is 0 Å². The van der Waals surface area contributed by atoms with Gasteiger partial charge in [0, 0.05) is 11.4 Å². The van der Waals surface area contributed by atoms with Crippen molar-refractivity contribution in [1.29, 1.82) is 0 Å². The third kappa shape index (κ3) is 5.28. The molecular weight excluding hydrogens is 318 g/mol. The van der Waals surface area contributed by atoms with Crippen molar-refractivity contribution in [2.75, 3.05) is 17.3 Å². The molecule has 1 amide bonds. The predicted octanol–water partition coefficient (Wildman–Crippen LogP) is 5.21. The molecule has 0 saturated carbocycles. The molecule has 0 fully saturated rings. The number of nitrogens with one attached hydrogen (secondary N) is 1. The Morgan fingerprint density at radius 3 is 2.73 bits per heavy atom. The monoisotopic (exact) mass is 335 g/mol. The van der Waals surface area contributed by atoms with E-state index in [1.807, 2.05) is 36.6 Å². The first-order valence-corrected chi connectivity index (χ1v) is 8.77. The molecule has 2 aromatic carbocycles. The third-order valence-corrected chi connectivity index (χ3v) is 3.87. The fourth-order valence-corrected chi connectivity index (χ4v) is 2.50. The Kier molecular flexibility index (Phi) is 6.62. The Labute approximate surface area is 140 Å². The summed E-state index contributed by atoms with van der Waals surface area (Å²) in [6.07, 6.45) is 3.36. The number of anilines is 1. The standard InChI is InChI=1S/C17H18ClNO2S/c1-22-11-5-8-17(20)19-15-12-13(18)9-10-16(15)21-14-6-3-2-4-7-14/h2-4,6-7,9-10,12H,5,8,11H2,1H3,(H,19,20). The van der Waals surface area contributed by atoms with Crippen LogP contribution in [0.4, 0.5) is 5.69 Å². The van der Waals surface area contributed by atoms with Crippen LogP contribution >= 0.6 is 23.4 Å². The zero-order chi connectivity index (χ0) is 15.8. The van der Waals surface area contributed by atoms with E-state index in [2.05, 4.69) is 5.32 Å². The molecule has 0 heterocycles. The minimum absolute atomic E-state index is 0.0331. The number of hydrogen-bond donors (Lipinski definition) is 1. The molecule has 0 spiro atoms. The van der Waals surface area contributed by atoms with Gasteiger partial charge in [0.2, 0.25) is 5.91 Å². The molecule has 22 heavy (non-hydrogen) atoms. The van der Waals surface area contributed by atoms with Crippen LogP contribution in [0.25, 0.3) is 0 Å². The summed E-state index contributed by atoms with van der Waals surface area (Å²) in [6, 6.07) is 14.6. The van der Waals surface area contributed by atoms with Gasteiger partial charge in [0.05, 0.1) is 5.69 Å². The van der Waals surface area contributed by atoms with Gasteiger partial charge in [-0.05, 0) is 48.8 Å².